The van der Waals surface area contributed by atoms with Crippen LogP contribution in [0.25, 0.3) is 0 Å². The van der Waals surface area contributed by atoms with Gasteiger partial charge in [-0.1, -0.05) is 26.7 Å². The highest BCUT2D eigenvalue weighted by Gasteiger charge is 2.16. The fourth-order valence-corrected chi connectivity index (χ4v) is 1.69. The molecule has 1 aromatic rings. The molecule has 0 aliphatic heterocycles. The molecule has 1 unspecified atom stereocenters. The van der Waals surface area contributed by atoms with E-state index in [4.69, 9.17) is 5.73 Å². The van der Waals surface area contributed by atoms with Gasteiger partial charge in [0.2, 0.25) is 5.82 Å². The van der Waals surface area contributed by atoms with Gasteiger partial charge in [-0.15, -0.1) is 5.10 Å². The maximum Gasteiger partial charge on any atom is 0.291 e. The number of aromatic nitrogens is 3. The Labute approximate surface area is 108 Å². The molecule has 0 aliphatic carbocycles. The zero-order valence-electron chi connectivity index (χ0n) is 11.2. The van der Waals surface area contributed by atoms with Crippen LogP contribution in [-0.2, 0) is 6.42 Å². The zero-order chi connectivity index (χ0) is 13.4. The van der Waals surface area contributed by atoms with Crippen molar-refractivity contribution in [2.45, 2.75) is 52.0 Å². The van der Waals surface area contributed by atoms with Crippen molar-refractivity contribution in [3.05, 3.63) is 11.6 Å². The fourth-order valence-electron chi connectivity index (χ4n) is 1.69. The average molecular weight is 253 g/mol. The Morgan fingerprint density at radius 1 is 1.44 bits per heavy atom. The van der Waals surface area contributed by atoms with Gasteiger partial charge in [0.05, 0.1) is 0 Å². The predicted molar refractivity (Wildman–Crippen MR) is 70.2 cm³/mol. The summed E-state index contributed by atoms with van der Waals surface area (Å²) < 4.78 is 0. The van der Waals surface area contributed by atoms with Gasteiger partial charge in [0, 0.05) is 19.0 Å². The van der Waals surface area contributed by atoms with E-state index >= 15 is 0 Å². The molecule has 0 saturated carbocycles. The Morgan fingerprint density at radius 2 is 2.22 bits per heavy atom. The number of nitrogens with two attached hydrogens (primary N) is 1. The highest BCUT2D eigenvalue weighted by atomic mass is 16.2. The van der Waals surface area contributed by atoms with E-state index in [9.17, 15) is 4.79 Å². The topological polar surface area (TPSA) is 96.7 Å². The van der Waals surface area contributed by atoms with Crippen molar-refractivity contribution in [2.75, 3.05) is 6.54 Å². The third kappa shape index (κ3) is 4.44. The molecule has 1 rings (SSSR count). The molecule has 6 heteroatoms. The Morgan fingerprint density at radius 3 is 2.83 bits per heavy atom. The number of hydrogen-bond donors (Lipinski definition) is 3. The molecule has 0 aromatic carbocycles. The number of carbonyl (C=O) groups is 1. The van der Waals surface area contributed by atoms with Crippen molar-refractivity contribution in [3.8, 4) is 0 Å². The number of carbonyl (C=O) groups excluding carboxylic acids is 1. The molecular weight excluding hydrogens is 230 g/mol. The minimum Gasteiger partial charge on any atom is -0.345 e. The summed E-state index contributed by atoms with van der Waals surface area (Å²) in [7, 11) is 0. The van der Waals surface area contributed by atoms with Gasteiger partial charge >= 0.3 is 0 Å². The summed E-state index contributed by atoms with van der Waals surface area (Å²) in [5.41, 5.74) is 5.63. The first kappa shape index (κ1) is 14.6. The van der Waals surface area contributed by atoms with Crippen LogP contribution in [0.15, 0.2) is 0 Å². The van der Waals surface area contributed by atoms with E-state index in [0.717, 1.165) is 37.9 Å². The highest BCUT2D eigenvalue weighted by molar-refractivity contribution is 5.90. The summed E-state index contributed by atoms with van der Waals surface area (Å²) in [6.07, 6.45) is 4.81. The van der Waals surface area contributed by atoms with Crippen molar-refractivity contribution in [3.63, 3.8) is 0 Å². The first-order valence-corrected chi connectivity index (χ1v) is 6.63. The number of amides is 1. The second-order valence-corrected chi connectivity index (χ2v) is 4.40. The Kier molecular flexibility index (Phi) is 6.35. The van der Waals surface area contributed by atoms with Gasteiger partial charge in [0.1, 0.15) is 5.82 Å². The van der Waals surface area contributed by atoms with Crippen LogP contribution >= 0.6 is 0 Å². The maximum atomic E-state index is 11.9. The molecule has 1 amide bonds. The summed E-state index contributed by atoms with van der Waals surface area (Å²) in [6.45, 7) is 4.61. The van der Waals surface area contributed by atoms with Crippen LogP contribution in [0.4, 0.5) is 0 Å². The van der Waals surface area contributed by atoms with Crippen molar-refractivity contribution >= 4 is 5.91 Å². The normalized spacial score (nSPS) is 12.4. The molecule has 4 N–H and O–H groups in total. The smallest absolute Gasteiger partial charge is 0.291 e. The molecule has 0 bridgehead atoms. The fraction of sp³-hybridized carbons (Fsp3) is 0.750. The number of rotatable bonds is 8. The summed E-state index contributed by atoms with van der Waals surface area (Å²) in [5, 5.41) is 9.55. The van der Waals surface area contributed by atoms with Gasteiger partial charge in [-0.25, -0.2) is 4.98 Å². The Bertz CT molecular complexity index is 363. The monoisotopic (exact) mass is 253 g/mol. The molecule has 18 heavy (non-hydrogen) atoms. The maximum absolute atomic E-state index is 11.9. The van der Waals surface area contributed by atoms with E-state index in [1.807, 2.05) is 0 Å². The van der Waals surface area contributed by atoms with Crippen LogP contribution in [0.5, 0.6) is 0 Å². The van der Waals surface area contributed by atoms with Crippen LogP contribution in [0.1, 0.15) is 56.0 Å². The number of nitrogens with one attached hydrogen (secondary N) is 2. The SMILES string of the molecule is CCCCC(CN)NC(=O)c1n[nH]c(CCC)n1. The van der Waals surface area contributed by atoms with Gasteiger partial charge in [0.25, 0.3) is 5.91 Å². The van der Waals surface area contributed by atoms with Gasteiger partial charge in [0.15, 0.2) is 0 Å². The lowest BCUT2D eigenvalue weighted by Gasteiger charge is -2.14. The second kappa shape index (κ2) is 7.81. The largest absolute Gasteiger partial charge is 0.345 e. The van der Waals surface area contributed by atoms with Gasteiger partial charge in [-0.3, -0.25) is 9.89 Å². The number of nitrogens with zero attached hydrogens (tertiary/aromatic N) is 2. The highest BCUT2D eigenvalue weighted by Crippen LogP contribution is 2.01. The molecule has 0 fully saturated rings. The summed E-state index contributed by atoms with van der Waals surface area (Å²) in [6, 6.07) is 0.00516. The third-order valence-corrected chi connectivity index (χ3v) is 2.75. The van der Waals surface area contributed by atoms with E-state index in [1.165, 1.54) is 0 Å². The van der Waals surface area contributed by atoms with Crippen LogP contribution in [0, 0.1) is 0 Å². The van der Waals surface area contributed by atoms with E-state index in [0.29, 0.717) is 6.54 Å². The van der Waals surface area contributed by atoms with Crippen LogP contribution in [-0.4, -0.2) is 33.7 Å². The third-order valence-electron chi connectivity index (χ3n) is 2.75. The van der Waals surface area contributed by atoms with E-state index < -0.39 is 0 Å². The van der Waals surface area contributed by atoms with E-state index in [1.54, 1.807) is 0 Å². The first-order chi connectivity index (χ1) is 8.71. The molecule has 102 valence electrons. The molecular formula is C12H23N5O. The minimum absolute atomic E-state index is 0.00516. The molecule has 0 radical (unpaired) electrons. The van der Waals surface area contributed by atoms with Gasteiger partial charge in [-0.2, -0.15) is 0 Å². The Balaban J connectivity index is 2.51. The summed E-state index contributed by atoms with van der Waals surface area (Å²) in [5.74, 6) is 0.703. The van der Waals surface area contributed by atoms with E-state index in [2.05, 4.69) is 34.3 Å². The zero-order valence-corrected chi connectivity index (χ0v) is 11.2. The van der Waals surface area contributed by atoms with Crippen molar-refractivity contribution in [2.24, 2.45) is 5.73 Å². The summed E-state index contributed by atoms with van der Waals surface area (Å²) in [4.78, 5) is 16.0. The van der Waals surface area contributed by atoms with Crippen LogP contribution in [0.2, 0.25) is 0 Å². The Hall–Kier alpha value is -1.43. The standard InChI is InChI=1S/C12H23N5O/c1-3-5-7-9(8-13)14-12(18)11-15-10(6-4-2)16-17-11/h9H,3-8,13H2,1-2H3,(H,14,18)(H,15,16,17). The van der Waals surface area contributed by atoms with Crippen LogP contribution in [0.3, 0.4) is 0 Å². The average Bonchev–Trinajstić information content (AvgIpc) is 2.83. The number of aromatic amines is 1. The number of H-pyrrole nitrogens is 1. The van der Waals surface area contributed by atoms with Gasteiger partial charge < -0.3 is 11.1 Å². The predicted octanol–water partition coefficient (Wildman–Crippen LogP) is 1.00. The molecule has 1 atom stereocenters. The molecule has 1 aromatic heterocycles. The number of unbranched alkanes of at least 4 members (excludes halogenated alkanes) is 1. The summed E-state index contributed by atoms with van der Waals surface area (Å²) >= 11 is 0. The molecule has 0 spiro atoms. The minimum atomic E-state index is -0.250. The number of aryl methyl sites for hydroxylation is 1. The van der Waals surface area contributed by atoms with Crippen LogP contribution < -0.4 is 11.1 Å². The molecule has 6 nitrogen and oxygen atoms in total. The second-order valence-electron chi connectivity index (χ2n) is 4.40. The van der Waals surface area contributed by atoms with Gasteiger partial charge in [-0.05, 0) is 12.8 Å². The van der Waals surface area contributed by atoms with Crippen molar-refractivity contribution in [1.29, 1.82) is 0 Å². The van der Waals surface area contributed by atoms with Crippen molar-refractivity contribution < 1.29 is 4.79 Å². The molecule has 0 aliphatic rings. The van der Waals surface area contributed by atoms with Crippen molar-refractivity contribution in [1.82, 2.24) is 20.5 Å². The lowest BCUT2D eigenvalue weighted by Crippen LogP contribution is -2.40. The van der Waals surface area contributed by atoms with E-state index in [-0.39, 0.29) is 17.8 Å². The molecule has 0 saturated heterocycles. The number of hydrogen-bond acceptors (Lipinski definition) is 4. The molecule has 1 heterocycles. The quantitative estimate of drug-likeness (QED) is 0.644. The first-order valence-electron chi connectivity index (χ1n) is 6.63. The lowest BCUT2D eigenvalue weighted by molar-refractivity contribution is 0.0925. The lowest BCUT2D eigenvalue weighted by atomic mass is 10.1.